The molecular weight excluding hydrogens is 322 g/mol. The van der Waals surface area contributed by atoms with E-state index < -0.39 is 0 Å². The molecule has 1 aromatic carbocycles. The molecule has 0 amide bonds. The highest BCUT2D eigenvalue weighted by Gasteiger charge is 2.12. The molecule has 2 aromatic heterocycles. The van der Waals surface area contributed by atoms with Crippen LogP contribution in [0.4, 0.5) is 0 Å². The fourth-order valence-corrected chi connectivity index (χ4v) is 2.59. The summed E-state index contributed by atoms with van der Waals surface area (Å²) in [5, 5.41) is 4.38. The Bertz CT molecular complexity index is 939. The lowest BCUT2D eigenvalue weighted by atomic mass is 10.2. The van der Waals surface area contributed by atoms with Gasteiger partial charge >= 0.3 is 5.97 Å². The average molecular weight is 341 g/mol. The number of hydrogen-bond donors (Lipinski definition) is 1. The van der Waals surface area contributed by atoms with Crippen LogP contribution >= 0.6 is 0 Å². The maximum absolute atomic E-state index is 12.0. The van der Waals surface area contributed by atoms with Crippen molar-refractivity contribution in [3.63, 3.8) is 0 Å². The molecule has 0 aliphatic carbocycles. The number of H-pyrrole nitrogens is 1. The predicted molar refractivity (Wildman–Crippen MR) is 91.1 cm³/mol. The largest absolute Gasteiger partial charge is 0.461 e. The van der Waals surface area contributed by atoms with Crippen LogP contribution in [0.15, 0.2) is 33.6 Å². The zero-order chi connectivity index (χ0) is 17.8. The molecule has 3 aromatic rings. The van der Waals surface area contributed by atoms with Crippen LogP contribution in [0.2, 0.25) is 0 Å². The first kappa shape index (κ1) is 16.9. The second-order valence-corrected chi connectivity index (χ2v) is 5.85. The van der Waals surface area contributed by atoms with Gasteiger partial charge in [-0.25, -0.2) is 4.98 Å². The number of hydrogen-bond acceptors (Lipinski definition) is 6. The molecule has 2 heterocycles. The minimum atomic E-state index is -0.303. The third kappa shape index (κ3) is 3.93. The number of rotatable bonds is 6. The number of esters is 1. The summed E-state index contributed by atoms with van der Waals surface area (Å²) >= 11 is 0. The average Bonchev–Trinajstić information content (AvgIpc) is 2.91. The topological polar surface area (TPSA) is 98.1 Å². The van der Waals surface area contributed by atoms with Crippen LogP contribution in [0, 0.1) is 13.8 Å². The van der Waals surface area contributed by atoms with E-state index in [-0.39, 0.29) is 24.6 Å². The first-order chi connectivity index (χ1) is 12.0. The van der Waals surface area contributed by atoms with Crippen molar-refractivity contribution < 1.29 is 14.1 Å². The standard InChI is InChI=1S/C18H19N3O4/c1-11-14(12(2)25-21-11)10-24-17(22)9-5-8-16-19-15-7-4-3-6-13(15)18(23)20-16/h3-4,6-7H,5,8-10H2,1-2H3,(H,19,20,23). The molecule has 3 rings (SSSR count). The maximum Gasteiger partial charge on any atom is 0.306 e. The van der Waals surface area contributed by atoms with E-state index >= 15 is 0 Å². The number of nitrogens with zero attached hydrogens (tertiary/aromatic N) is 2. The Balaban J connectivity index is 1.52. The molecule has 0 radical (unpaired) electrons. The van der Waals surface area contributed by atoms with Crippen LogP contribution < -0.4 is 5.56 Å². The Morgan fingerprint density at radius 1 is 1.28 bits per heavy atom. The number of para-hydroxylation sites is 1. The Morgan fingerprint density at radius 2 is 2.08 bits per heavy atom. The smallest absolute Gasteiger partial charge is 0.306 e. The summed E-state index contributed by atoms with van der Waals surface area (Å²) in [6.45, 7) is 3.75. The molecule has 7 nitrogen and oxygen atoms in total. The molecule has 0 spiro atoms. The summed E-state index contributed by atoms with van der Waals surface area (Å²) in [7, 11) is 0. The molecular formula is C18H19N3O4. The normalized spacial score (nSPS) is 11.0. The number of nitrogens with one attached hydrogen (secondary N) is 1. The monoisotopic (exact) mass is 341 g/mol. The highest BCUT2D eigenvalue weighted by atomic mass is 16.5. The molecule has 0 atom stereocenters. The van der Waals surface area contributed by atoms with Gasteiger partial charge in [0.05, 0.1) is 22.2 Å². The summed E-state index contributed by atoms with van der Waals surface area (Å²) in [5.41, 5.74) is 2.01. The number of carbonyl (C=O) groups excluding carboxylic acids is 1. The van der Waals surface area contributed by atoms with E-state index in [1.165, 1.54) is 0 Å². The molecule has 25 heavy (non-hydrogen) atoms. The molecule has 0 bridgehead atoms. The van der Waals surface area contributed by atoms with Crippen molar-refractivity contribution in [2.24, 2.45) is 0 Å². The number of aromatic amines is 1. The quantitative estimate of drug-likeness (QED) is 0.692. The summed E-state index contributed by atoms with van der Waals surface area (Å²) in [5.74, 6) is 0.925. The van der Waals surface area contributed by atoms with Gasteiger partial charge in [0.1, 0.15) is 18.2 Å². The van der Waals surface area contributed by atoms with Gasteiger partial charge in [0.15, 0.2) is 0 Å². The molecule has 0 saturated carbocycles. The third-order valence-electron chi connectivity index (χ3n) is 4.02. The van der Waals surface area contributed by atoms with Crippen LogP contribution in [0.1, 0.15) is 35.7 Å². The van der Waals surface area contributed by atoms with Gasteiger partial charge in [-0.05, 0) is 32.4 Å². The van der Waals surface area contributed by atoms with E-state index in [1.54, 1.807) is 32.0 Å². The Labute approximate surface area is 144 Å². The van der Waals surface area contributed by atoms with E-state index in [0.717, 1.165) is 11.3 Å². The number of benzene rings is 1. The Kier molecular flexibility index (Phi) is 4.92. The van der Waals surface area contributed by atoms with Crippen molar-refractivity contribution in [2.75, 3.05) is 0 Å². The molecule has 0 aliphatic heterocycles. The minimum absolute atomic E-state index is 0.158. The summed E-state index contributed by atoms with van der Waals surface area (Å²) in [6, 6.07) is 7.17. The van der Waals surface area contributed by atoms with E-state index in [4.69, 9.17) is 9.26 Å². The van der Waals surface area contributed by atoms with E-state index in [9.17, 15) is 9.59 Å². The van der Waals surface area contributed by atoms with Crippen LogP contribution in [-0.2, 0) is 22.6 Å². The first-order valence-corrected chi connectivity index (χ1v) is 8.10. The number of aromatic nitrogens is 3. The second-order valence-electron chi connectivity index (χ2n) is 5.85. The molecule has 7 heteroatoms. The minimum Gasteiger partial charge on any atom is -0.461 e. The van der Waals surface area contributed by atoms with Gasteiger partial charge in [-0.3, -0.25) is 9.59 Å². The fraction of sp³-hybridized carbons (Fsp3) is 0.333. The van der Waals surface area contributed by atoms with E-state index in [1.807, 2.05) is 6.07 Å². The van der Waals surface area contributed by atoms with Gasteiger partial charge in [-0.2, -0.15) is 0 Å². The molecule has 0 fully saturated rings. The number of aryl methyl sites for hydroxylation is 3. The SMILES string of the molecule is Cc1noc(C)c1COC(=O)CCCc1nc2ccccc2c(=O)[nH]1. The van der Waals surface area contributed by atoms with Crippen LogP contribution in [0.3, 0.4) is 0 Å². The Hall–Kier alpha value is -2.96. The number of carbonyl (C=O) groups is 1. The van der Waals surface area contributed by atoms with Crippen LogP contribution in [-0.4, -0.2) is 21.1 Å². The molecule has 0 saturated heterocycles. The van der Waals surface area contributed by atoms with Gasteiger partial charge in [0.25, 0.3) is 5.56 Å². The van der Waals surface area contributed by atoms with E-state index in [0.29, 0.717) is 35.3 Å². The van der Waals surface area contributed by atoms with Crippen molar-refractivity contribution in [2.45, 2.75) is 39.7 Å². The van der Waals surface area contributed by atoms with Crippen molar-refractivity contribution >= 4 is 16.9 Å². The van der Waals surface area contributed by atoms with Gasteiger partial charge in [-0.1, -0.05) is 17.3 Å². The first-order valence-electron chi connectivity index (χ1n) is 8.10. The van der Waals surface area contributed by atoms with Gasteiger partial charge < -0.3 is 14.2 Å². The van der Waals surface area contributed by atoms with Crippen molar-refractivity contribution in [1.82, 2.24) is 15.1 Å². The summed E-state index contributed by atoms with van der Waals surface area (Å²) < 4.78 is 10.3. The van der Waals surface area contributed by atoms with Crippen LogP contribution in [0.25, 0.3) is 10.9 Å². The molecule has 0 unspecified atom stereocenters. The lowest BCUT2D eigenvalue weighted by Crippen LogP contribution is -2.12. The van der Waals surface area contributed by atoms with Crippen molar-refractivity contribution in [1.29, 1.82) is 0 Å². The zero-order valence-electron chi connectivity index (χ0n) is 14.2. The summed E-state index contributed by atoms with van der Waals surface area (Å²) in [4.78, 5) is 31.0. The van der Waals surface area contributed by atoms with E-state index in [2.05, 4.69) is 15.1 Å². The fourth-order valence-electron chi connectivity index (χ4n) is 2.59. The lowest BCUT2D eigenvalue weighted by Gasteiger charge is -2.05. The molecule has 1 N–H and O–H groups in total. The predicted octanol–water partition coefficient (Wildman–Crippen LogP) is 2.59. The highest BCUT2D eigenvalue weighted by Crippen LogP contribution is 2.14. The molecule has 0 aliphatic rings. The second kappa shape index (κ2) is 7.29. The zero-order valence-corrected chi connectivity index (χ0v) is 14.2. The third-order valence-corrected chi connectivity index (χ3v) is 4.02. The van der Waals surface area contributed by atoms with Gasteiger partial charge in [0, 0.05) is 12.8 Å². The Morgan fingerprint density at radius 3 is 2.84 bits per heavy atom. The van der Waals surface area contributed by atoms with Gasteiger partial charge in [-0.15, -0.1) is 0 Å². The van der Waals surface area contributed by atoms with Crippen molar-refractivity contribution in [3.05, 3.63) is 57.5 Å². The summed E-state index contributed by atoms with van der Waals surface area (Å²) in [6.07, 6.45) is 1.29. The maximum atomic E-state index is 12.0. The lowest BCUT2D eigenvalue weighted by molar-refractivity contribution is -0.145. The van der Waals surface area contributed by atoms with Crippen molar-refractivity contribution in [3.8, 4) is 0 Å². The molecule has 130 valence electrons. The number of ether oxygens (including phenoxy) is 1. The highest BCUT2D eigenvalue weighted by molar-refractivity contribution is 5.77. The number of fused-ring (bicyclic) bond motifs is 1. The van der Waals surface area contributed by atoms with Gasteiger partial charge in [0.2, 0.25) is 0 Å². The van der Waals surface area contributed by atoms with Crippen LogP contribution in [0.5, 0.6) is 0 Å².